The first-order valence-electron chi connectivity index (χ1n) is 5.73. The Labute approximate surface area is 101 Å². The quantitative estimate of drug-likeness (QED) is 0.709. The smallest absolute Gasteiger partial charge is 0.254 e. The van der Waals surface area contributed by atoms with Crippen molar-refractivity contribution in [3.63, 3.8) is 0 Å². The first kappa shape index (κ1) is 12.6. The van der Waals surface area contributed by atoms with Crippen molar-refractivity contribution in [3.8, 4) is 0 Å². The SMILES string of the molecule is C=CC1CCC1(N)C(=O)NS(=O)(=O)C1(C)CC1. The molecule has 0 aromatic heterocycles. The van der Waals surface area contributed by atoms with E-state index in [0.717, 1.165) is 6.42 Å². The Morgan fingerprint density at radius 3 is 2.41 bits per heavy atom. The summed E-state index contributed by atoms with van der Waals surface area (Å²) < 4.78 is 25.1. The molecule has 0 heterocycles. The van der Waals surface area contributed by atoms with Gasteiger partial charge >= 0.3 is 0 Å². The molecule has 0 spiro atoms. The summed E-state index contributed by atoms with van der Waals surface area (Å²) in [7, 11) is -3.59. The Bertz CT molecular complexity index is 467. The van der Waals surface area contributed by atoms with Crippen LogP contribution >= 0.6 is 0 Å². The van der Waals surface area contributed by atoms with Crippen LogP contribution in [-0.2, 0) is 14.8 Å². The highest BCUT2D eigenvalue weighted by Gasteiger charge is 2.54. The minimum atomic E-state index is -3.59. The summed E-state index contributed by atoms with van der Waals surface area (Å²) >= 11 is 0. The fourth-order valence-electron chi connectivity index (χ4n) is 2.02. The molecule has 2 atom stereocenters. The fraction of sp³-hybridized carbons (Fsp3) is 0.727. The topological polar surface area (TPSA) is 89.3 Å². The molecule has 2 rings (SSSR count). The van der Waals surface area contributed by atoms with Crippen molar-refractivity contribution >= 4 is 15.9 Å². The van der Waals surface area contributed by atoms with E-state index in [1.165, 1.54) is 0 Å². The molecule has 2 fully saturated rings. The first-order valence-corrected chi connectivity index (χ1v) is 7.22. The molecule has 2 aliphatic rings. The summed E-state index contributed by atoms with van der Waals surface area (Å²) in [5.74, 6) is -0.730. The van der Waals surface area contributed by atoms with Gasteiger partial charge in [0.1, 0.15) is 5.54 Å². The second-order valence-electron chi connectivity index (χ2n) is 5.31. The van der Waals surface area contributed by atoms with Gasteiger partial charge in [-0.15, -0.1) is 6.58 Å². The number of nitrogens with two attached hydrogens (primary N) is 1. The van der Waals surface area contributed by atoms with Crippen molar-refractivity contribution in [1.82, 2.24) is 4.72 Å². The number of amides is 1. The van der Waals surface area contributed by atoms with Crippen LogP contribution in [0.1, 0.15) is 32.6 Å². The van der Waals surface area contributed by atoms with E-state index in [2.05, 4.69) is 11.3 Å². The van der Waals surface area contributed by atoms with Crippen LogP contribution in [0.4, 0.5) is 0 Å². The van der Waals surface area contributed by atoms with Crippen LogP contribution in [0.25, 0.3) is 0 Å². The summed E-state index contributed by atoms with van der Waals surface area (Å²) in [6, 6.07) is 0. The zero-order valence-corrected chi connectivity index (χ0v) is 10.7. The molecule has 0 aromatic rings. The molecule has 2 unspecified atom stereocenters. The van der Waals surface area contributed by atoms with Gasteiger partial charge in [-0.05, 0) is 32.6 Å². The van der Waals surface area contributed by atoms with Crippen LogP contribution in [0, 0.1) is 5.92 Å². The van der Waals surface area contributed by atoms with Crippen LogP contribution < -0.4 is 10.5 Å². The second-order valence-corrected chi connectivity index (χ2v) is 7.50. The molecule has 0 bridgehead atoms. The number of hydrogen-bond acceptors (Lipinski definition) is 4. The van der Waals surface area contributed by atoms with Crippen molar-refractivity contribution < 1.29 is 13.2 Å². The first-order chi connectivity index (χ1) is 7.75. The van der Waals surface area contributed by atoms with Gasteiger partial charge in [0.05, 0.1) is 4.75 Å². The highest BCUT2D eigenvalue weighted by atomic mass is 32.2. The lowest BCUT2D eigenvalue weighted by atomic mass is 9.67. The predicted octanol–water partition coefficient (Wildman–Crippen LogP) is 0.278. The Morgan fingerprint density at radius 2 is 2.06 bits per heavy atom. The Balaban J connectivity index is 2.10. The fourth-order valence-corrected chi connectivity index (χ4v) is 3.34. The minimum Gasteiger partial charge on any atom is -0.317 e. The Kier molecular flexibility index (Phi) is 2.63. The number of nitrogens with one attached hydrogen (secondary N) is 1. The van der Waals surface area contributed by atoms with Gasteiger partial charge in [-0.2, -0.15) is 0 Å². The normalized spacial score (nSPS) is 34.6. The molecule has 6 heteroatoms. The van der Waals surface area contributed by atoms with Crippen molar-refractivity contribution in [2.24, 2.45) is 11.7 Å². The van der Waals surface area contributed by atoms with E-state index in [-0.39, 0.29) is 5.92 Å². The maximum Gasteiger partial charge on any atom is 0.254 e. The largest absolute Gasteiger partial charge is 0.317 e. The van der Waals surface area contributed by atoms with E-state index in [1.807, 2.05) is 0 Å². The number of carbonyl (C=O) groups is 1. The zero-order chi connectivity index (χ0) is 12.9. The van der Waals surface area contributed by atoms with Crippen molar-refractivity contribution in [2.45, 2.75) is 42.9 Å². The standard InChI is InChI=1S/C11H18N2O3S/c1-3-8-4-5-11(8,12)9(14)13-17(15,16)10(2)6-7-10/h3,8H,1,4-7,12H2,2H3,(H,13,14). The third kappa shape index (κ3) is 1.79. The highest BCUT2D eigenvalue weighted by molar-refractivity contribution is 7.91. The lowest BCUT2D eigenvalue weighted by molar-refractivity contribution is -0.129. The van der Waals surface area contributed by atoms with Gasteiger partial charge in [0.25, 0.3) is 5.91 Å². The second kappa shape index (κ2) is 3.55. The Morgan fingerprint density at radius 1 is 1.47 bits per heavy atom. The molecule has 0 aliphatic heterocycles. The molecule has 96 valence electrons. The van der Waals surface area contributed by atoms with Crippen LogP contribution in [-0.4, -0.2) is 24.6 Å². The summed E-state index contributed by atoms with van der Waals surface area (Å²) in [5, 5.41) is 0. The lowest BCUT2D eigenvalue weighted by Gasteiger charge is -2.43. The molecule has 2 aliphatic carbocycles. The Hall–Kier alpha value is -0.880. The minimum absolute atomic E-state index is 0.135. The molecule has 3 N–H and O–H groups in total. The number of sulfonamides is 1. The van der Waals surface area contributed by atoms with E-state index in [9.17, 15) is 13.2 Å². The van der Waals surface area contributed by atoms with Gasteiger partial charge in [0, 0.05) is 5.92 Å². The van der Waals surface area contributed by atoms with Crippen LogP contribution in [0.15, 0.2) is 12.7 Å². The summed E-state index contributed by atoms with van der Waals surface area (Å²) in [6.07, 6.45) is 4.09. The number of hydrogen-bond donors (Lipinski definition) is 2. The molecule has 5 nitrogen and oxygen atoms in total. The van der Waals surface area contributed by atoms with Gasteiger partial charge in [-0.1, -0.05) is 6.08 Å². The maximum atomic E-state index is 11.9. The van der Waals surface area contributed by atoms with Crippen LogP contribution in [0.5, 0.6) is 0 Å². The summed E-state index contributed by atoms with van der Waals surface area (Å²) in [6.45, 7) is 5.25. The molecular formula is C11H18N2O3S. The summed E-state index contributed by atoms with van der Waals surface area (Å²) in [5.41, 5.74) is 4.83. The van der Waals surface area contributed by atoms with Gasteiger partial charge < -0.3 is 5.73 Å². The summed E-state index contributed by atoms with van der Waals surface area (Å²) in [4.78, 5) is 11.9. The van der Waals surface area contributed by atoms with Gasteiger partial charge in [0.2, 0.25) is 10.0 Å². The van der Waals surface area contributed by atoms with E-state index in [0.29, 0.717) is 19.3 Å². The monoisotopic (exact) mass is 258 g/mol. The van der Waals surface area contributed by atoms with Gasteiger partial charge in [0.15, 0.2) is 0 Å². The van der Waals surface area contributed by atoms with Crippen LogP contribution in [0.2, 0.25) is 0 Å². The predicted molar refractivity (Wildman–Crippen MR) is 64.5 cm³/mol. The van der Waals surface area contributed by atoms with E-state index >= 15 is 0 Å². The molecule has 0 saturated heterocycles. The average molecular weight is 258 g/mol. The van der Waals surface area contributed by atoms with Gasteiger partial charge in [-0.3, -0.25) is 9.52 Å². The molecular weight excluding hydrogens is 240 g/mol. The van der Waals surface area contributed by atoms with Crippen molar-refractivity contribution in [2.75, 3.05) is 0 Å². The molecule has 17 heavy (non-hydrogen) atoms. The molecule has 0 aromatic carbocycles. The maximum absolute atomic E-state index is 11.9. The molecule has 1 amide bonds. The van der Waals surface area contributed by atoms with Crippen molar-refractivity contribution in [3.05, 3.63) is 12.7 Å². The van der Waals surface area contributed by atoms with E-state index in [4.69, 9.17) is 5.73 Å². The number of carbonyl (C=O) groups excluding carboxylic acids is 1. The van der Waals surface area contributed by atoms with E-state index < -0.39 is 26.2 Å². The van der Waals surface area contributed by atoms with Crippen molar-refractivity contribution in [1.29, 1.82) is 0 Å². The lowest BCUT2D eigenvalue weighted by Crippen LogP contribution is -2.65. The third-order valence-corrected chi connectivity index (χ3v) is 6.23. The van der Waals surface area contributed by atoms with E-state index in [1.54, 1.807) is 13.0 Å². The molecule has 0 radical (unpaired) electrons. The average Bonchev–Trinajstić information content (AvgIpc) is 2.95. The highest BCUT2D eigenvalue weighted by Crippen LogP contribution is 2.43. The number of rotatable bonds is 4. The zero-order valence-electron chi connectivity index (χ0n) is 9.90. The third-order valence-electron chi connectivity index (χ3n) is 4.07. The molecule has 2 saturated carbocycles. The van der Waals surface area contributed by atoms with Crippen LogP contribution in [0.3, 0.4) is 0 Å². The van der Waals surface area contributed by atoms with Gasteiger partial charge in [-0.25, -0.2) is 8.42 Å².